The second-order valence-corrected chi connectivity index (χ2v) is 8.09. The predicted molar refractivity (Wildman–Crippen MR) is 111 cm³/mol. The largest absolute Gasteiger partial charge is 0.483 e. The van der Waals surface area contributed by atoms with Crippen molar-refractivity contribution in [3.63, 3.8) is 0 Å². The second kappa shape index (κ2) is 9.43. The molecule has 0 bridgehead atoms. The number of piperazine rings is 1. The maximum absolute atomic E-state index is 13.1. The van der Waals surface area contributed by atoms with Crippen LogP contribution in [0.25, 0.3) is 0 Å². The van der Waals surface area contributed by atoms with Crippen LogP contribution in [0.4, 0.5) is 4.39 Å². The molecule has 4 nitrogen and oxygen atoms in total. The third kappa shape index (κ3) is 5.06. The molecule has 2 aromatic carbocycles. The van der Waals surface area contributed by atoms with E-state index >= 15 is 0 Å². The minimum atomic E-state index is -0.219. The van der Waals surface area contributed by atoms with Crippen molar-refractivity contribution in [1.29, 1.82) is 0 Å². The zero-order valence-corrected chi connectivity index (χ0v) is 17.4. The van der Waals surface area contributed by atoms with Crippen LogP contribution in [-0.4, -0.2) is 53.7 Å². The molecule has 1 aliphatic rings. The highest BCUT2D eigenvalue weighted by atomic mass is 32.2. The van der Waals surface area contributed by atoms with Crippen molar-refractivity contribution in [1.82, 2.24) is 9.80 Å². The Hall–Kier alpha value is -2.05. The molecule has 1 aliphatic heterocycles. The fraction of sp³-hybridized carbons (Fsp3) is 0.409. The van der Waals surface area contributed by atoms with Gasteiger partial charge >= 0.3 is 0 Å². The first-order valence-electron chi connectivity index (χ1n) is 9.51. The van der Waals surface area contributed by atoms with Gasteiger partial charge in [0.1, 0.15) is 11.6 Å². The minimum Gasteiger partial charge on any atom is -0.483 e. The zero-order valence-electron chi connectivity index (χ0n) is 16.6. The van der Waals surface area contributed by atoms with Crippen molar-refractivity contribution >= 4 is 17.7 Å². The van der Waals surface area contributed by atoms with Crippen molar-refractivity contribution in [3.05, 3.63) is 59.9 Å². The lowest BCUT2D eigenvalue weighted by molar-refractivity contribution is -0.139. The van der Waals surface area contributed by atoms with Crippen LogP contribution in [0.15, 0.2) is 53.4 Å². The fourth-order valence-corrected chi connectivity index (χ4v) is 4.09. The zero-order chi connectivity index (χ0) is 20.1. The van der Waals surface area contributed by atoms with Crippen LogP contribution in [-0.2, 0) is 11.3 Å². The number of hydrogen-bond donors (Lipinski definition) is 0. The van der Waals surface area contributed by atoms with Gasteiger partial charge in [0.15, 0.2) is 6.61 Å². The Labute approximate surface area is 170 Å². The number of para-hydroxylation sites is 1. The first-order valence-corrected chi connectivity index (χ1v) is 10.7. The Morgan fingerprint density at radius 1 is 1.11 bits per heavy atom. The predicted octanol–water partition coefficient (Wildman–Crippen LogP) is 4.05. The summed E-state index contributed by atoms with van der Waals surface area (Å²) in [7, 11) is 0. The number of benzene rings is 2. The highest BCUT2D eigenvalue weighted by Gasteiger charge is 2.32. The van der Waals surface area contributed by atoms with E-state index in [1.165, 1.54) is 12.1 Å². The average Bonchev–Trinajstić information content (AvgIpc) is 2.70. The standard InChI is InChI=1S/C22H27FN2O2S/c1-16-13-25(22(26)15-27-20-6-4-5-7-21(20)28-3)17(2)12-24(16)14-18-8-10-19(23)11-9-18/h4-11,16-17H,12-15H2,1-3H3/t16-,17+/m1/s1. The molecule has 0 unspecified atom stereocenters. The fourth-order valence-electron chi connectivity index (χ4n) is 3.55. The Balaban J connectivity index is 1.57. The van der Waals surface area contributed by atoms with E-state index in [0.29, 0.717) is 6.54 Å². The van der Waals surface area contributed by atoms with Gasteiger partial charge in [-0.15, -0.1) is 11.8 Å². The number of carbonyl (C=O) groups is 1. The lowest BCUT2D eigenvalue weighted by Gasteiger charge is -2.44. The monoisotopic (exact) mass is 402 g/mol. The van der Waals surface area contributed by atoms with Crippen molar-refractivity contribution in [2.75, 3.05) is 26.0 Å². The summed E-state index contributed by atoms with van der Waals surface area (Å²) in [6, 6.07) is 14.7. The van der Waals surface area contributed by atoms with Gasteiger partial charge in [-0.3, -0.25) is 9.69 Å². The molecule has 0 saturated carbocycles. The molecular weight excluding hydrogens is 375 g/mol. The normalized spacial score (nSPS) is 20.2. The molecule has 1 heterocycles. The Kier molecular flexibility index (Phi) is 6.97. The molecule has 28 heavy (non-hydrogen) atoms. The van der Waals surface area contributed by atoms with Crippen LogP contribution in [0, 0.1) is 5.82 Å². The van der Waals surface area contributed by atoms with E-state index in [2.05, 4.69) is 18.7 Å². The molecule has 0 N–H and O–H groups in total. The summed E-state index contributed by atoms with van der Waals surface area (Å²) in [5.41, 5.74) is 1.08. The molecule has 0 aliphatic carbocycles. The van der Waals surface area contributed by atoms with Gasteiger partial charge in [-0.2, -0.15) is 0 Å². The quantitative estimate of drug-likeness (QED) is 0.683. The summed E-state index contributed by atoms with van der Waals surface area (Å²) in [6.45, 7) is 6.44. The lowest BCUT2D eigenvalue weighted by Crippen LogP contribution is -2.58. The highest BCUT2D eigenvalue weighted by Crippen LogP contribution is 2.27. The molecule has 6 heteroatoms. The first kappa shape index (κ1) is 20.7. The van der Waals surface area contributed by atoms with E-state index in [1.807, 2.05) is 47.6 Å². The van der Waals surface area contributed by atoms with Crippen molar-refractivity contribution in [2.45, 2.75) is 37.4 Å². The van der Waals surface area contributed by atoms with E-state index in [-0.39, 0.29) is 30.4 Å². The average molecular weight is 403 g/mol. The van der Waals surface area contributed by atoms with Crippen LogP contribution >= 0.6 is 11.8 Å². The Morgan fingerprint density at radius 3 is 2.54 bits per heavy atom. The third-order valence-electron chi connectivity index (χ3n) is 5.15. The molecule has 2 aromatic rings. The number of hydrogen-bond acceptors (Lipinski definition) is 4. The van der Waals surface area contributed by atoms with Gasteiger partial charge in [0.2, 0.25) is 0 Å². The van der Waals surface area contributed by atoms with Gasteiger partial charge in [0, 0.05) is 36.6 Å². The molecular formula is C22H27FN2O2S. The van der Waals surface area contributed by atoms with Crippen LogP contribution in [0.5, 0.6) is 5.75 Å². The van der Waals surface area contributed by atoms with Crippen LogP contribution < -0.4 is 4.74 Å². The number of carbonyl (C=O) groups excluding carboxylic acids is 1. The summed E-state index contributed by atoms with van der Waals surface area (Å²) in [5.74, 6) is 0.541. The number of thioether (sulfide) groups is 1. The molecule has 0 aromatic heterocycles. The molecule has 3 rings (SSSR count). The maximum atomic E-state index is 13.1. The summed E-state index contributed by atoms with van der Waals surface area (Å²) >= 11 is 1.61. The van der Waals surface area contributed by atoms with E-state index < -0.39 is 0 Å². The summed E-state index contributed by atoms with van der Waals surface area (Å²) in [5, 5.41) is 0. The van der Waals surface area contributed by atoms with E-state index in [0.717, 1.165) is 29.3 Å². The highest BCUT2D eigenvalue weighted by molar-refractivity contribution is 7.98. The number of amides is 1. The molecule has 1 amide bonds. The number of nitrogens with zero attached hydrogens (tertiary/aromatic N) is 2. The molecule has 1 fully saturated rings. The van der Waals surface area contributed by atoms with Gasteiger partial charge < -0.3 is 9.64 Å². The van der Waals surface area contributed by atoms with Crippen LogP contribution in [0.3, 0.4) is 0 Å². The number of halogens is 1. The third-order valence-corrected chi connectivity index (χ3v) is 5.93. The van der Waals surface area contributed by atoms with Gasteiger partial charge in [0.25, 0.3) is 5.91 Å². The van der Waals surface area contributed by atoms with Gasteiger partial charge in [0.05, 0.1) is 0 Å². The van der Waals surface area contributed by atoms with E-state index in [4.69, 9.17) is 4.74 Å². The number of ether oxygens (including phenoxy) is 1. The molecule has 2 atom stereocenters. The minimum absolute atomic E-state index is 0.0108. The molecule has 150 valence electrons. The summed E-state index contributed by atoms with van der Waals surface area (Å²) in [6.07, 6.45) is 1.99. The Morgan fingerprint density at radius 2 is 1.82 bits per heavy atom. The lowest BCUT2D eigenvalue weighted by atomic mass is 10.1. The summed E-state index contributed by atoms with van der Waals surface area (Å²) < 4.78 is 18.9. The van der Waals surface area contributed by atoms with Crippen LogP contribution in [0.2, 0.25) is 0 Å². The molecule has 1 saturated heterocycles. The molecule has 0 spiro atoms. The second-order valence-electron chi connectivity index (χ2n) is 7.24. The van der Waals surface area contributed by atoms with Crippen molar-refractivity contribution < 1.29 is 13.9 Å². The Bertz CT molecular complexity index is 799. The topological polar surface area (TPSA) is 32.8 Å². The van der Waals surface area contributed by atoms with Crippen LogP contribution in [0.1, 0.15) is 19.4 Å². The van der Waals surface area contributed by atoms with Crippen molar-refractivity contribution in [2.24, 2.45) is 0 Å². The maximum Gasteiger partial charge on any atom is 0.260 e. The van der Waals surface area contributed by atoms with Crippen molar-refractivity contribution in [3.8, 4) is 5.75 Å². The SMILES string of the molecule is CSc1ccccc1OCC(=O)N1C[C@@H](C)N(Cc2ccc(F)cc2)C[C@@H]1C. The van der Waals surface area contributed by atoms with E-state index in [9.17, 15) is 9.18 Å². The summed E-state index contributed by atoms with van der Waals surface area (Å²) in [4.78, 5) is 18.0. The van der Waals surface area contributed by atoms with Gasteiger partial charge in [-0.25, -0.2) is 4.39 Å². The number of rotatable bonds is 6. The van der Waals surface area contributed by atoms with Gasteiger partial charge in [-0.1, -0.05) is 24.3 Å². The first-order chi connectivity index (χ1) is 13.5. The van der Waals surface area contributed by atoms with E-state index in [1.54, 1.807) is 11.8 Å². The molecule has 0 radical (unpaired) electrons. The van der Waals surface area contributed by atoms with Gasteiger partial charge in [-0.05, 0) is 49.9 Å². The smallest absolute Gasteiger partial charge is 0.260 e.